The summed E-state index contributed by atoms with van der Waals surface area (Å²) < 4.78 is 1.73. The van der Waals surface area contributed by atoms with Gasteiger partial charge in [-0.05, 0) is 31.5 Å². The lowest BCUT2D eigenvalue weighted by Gasteiger charge is -2.19. The molecule has 1 heterocycles. The summed E-state index contributed by atoms with van der Waals surface area (Å²) in [6, 6.07) is 9.18. The first kappa shape index (κ1) is 14.1. The van der Waals surface area contributed by atoms with E-state index < -0.39 is 0 Å². The number of benzene rings is 1. The second kappa shape index (κ2) is 5.77. The fourth-order valence-corrected chi connectivity index (χ4v) is 2.13. The molecular weight excluding hydrogens is 252 g/mol. The molecule has 1 aromatic heterocycles. The zero-order valence-corrected chi connectivity index (χ0v) is 12.1. The Bertz CT molecular complexity index is 618. The van der Waals surface area contributed by atoms with E-state index in [-0.39, 0.29) is 5.91 Å². The number of nitrogens with zero attached hydrogens (tertiary/aromatic N) is 3. The molecular formula is C15H20N4O. The number of para-hydroxylation sites is 2. The molecule has 1 aromatic carbocycles. The highest BCUT2D eigenvalue weighted by molar-refractivity contribution is 6.06. The number of amides is 1. The number of rotatable bonds is 4. The van der Waals surface area contributed by atoms with Gasteiger partial charge >= 0.3 is 0 Å². The molecule has 106 valence electrons. The summed E-state index contributed by atoms with van der Waals surface area (Å²) in [7, 11) is 1.73. The molecule has 0 bridgehead atoms. The van der Waals surface area contributed by atoms with Gasteiger partial charge in [0.15, 0.2) is 0 Å². The third-order valence-corrected chi connectivity index (χ3v) is 3.31. The first-order valence-corrected chi connectivity index (χ1v) is 6.77. The van der Waals surface area contributed by atoms with Crippen LogP contribution in [0.2, 0.25) is 0 Å². The molecule has 0 radical (unpaired) electrons. The maximum Gasteiger partial charge on any atom is 0.276 e. The third-order valence-electron chi connectivity index (χ3n) is 3.31. The van der Waals surface area contributed by atoms with Crippen molar-refractivity contribution in [3.05, 3.63) is 41.7 Å². The van der Waals surface area contributed by atoms with Gasteiger partial charge in [-0.25, -0.2) is 0 Å². The number of anilines is 2. The van der Waals surface area contributed by atoms with Crippen LogP contribution in [0.1, 0.15) is 30.0 Å². The highest BCUT2D eigenvalue weighted by Crippen LogP contribution is 2.23. The van der Waals surface area contributed by atoms with E-state index in [1.165, 1.54) is 0 Å². The number of nitrogen functional groups attached to an aromatic ring is 1. The Labute approximate surface area is 119 Å². The van der Waals surface area contributed by atoms with E-state index in [0.29, 0.717) is 23.6 Å². The Balaban J connectivity index is 2.36. The lowest BCUT2D eigenvalue weighted by atomic mass is 10.2. The van der Waals surface area contributed by atoms with E-state index in [1.54, 1.807) is 22.7 Å². The number of carbonyl (C=O) groups excluding carboxylic acids is 1. The molecule has 1 amide bonds. The summed E-state index contributed by atoms with van der Waals surface area (Å²) in [6.07, 6.45) is 0.810. The standard InChI is InChI=1S/C15H20N4O/c1-4-11-10-14(19(5-2)17-11)15(20)18(3)13-9-7-6-8-12(13)16/h6-10H,4-5,16H2,1-3H3. The fourth-order valence-electron chi connectivity index (χ4n) is 2.13. The van der Waals surface area contributed by atoms with E-state index in [2.05, 4.69) is 5.10 Å². The minimum atomic E-state index is -0.100. The summed E-state index contributed by atoms with van der Waals surface area (Å²) in [5.41, 5.74) is 8.73. The second-order valence-corrected chi connectivity index (χ2v) is 4.61. The van der Waals surface area contributed by atoms with Crippen LogP contribution in [0.15, 0.2) is 30.3 Å². The minimum absolute atomic E-state index is 0.100. The van der Waals surface area contributed by atoms with Crippen LogP contribution in [0.5, 0.6) is 0 Å². The van der Waals surface area contributed by atoms with Gasteiger partial charge < -0.3 is 10.6 Å². The van der Waals surface area contributed by atoms with Gasteiger partial charge in [0.2, 0.25) is 0 Å². The first-order valence-electron chi connectivity index (χ1n) is 6.77. The normalized spacial score (nSPS) is 10.6. The average Bonchev–Trinajstić information content (AvgIpc) is 2.89. The van der Waals surface area contributed by atoms with Gasteiger partial charge in [0.1, 0.15) is 5.69 Å². The molecule has 0 atom stereocenters. The van der Waals surface area contributed by atoms with Crippen LogP contribution in [0.4, 0.5) is 11.4 Å². The molecule has 0 saturated heterocycles. The number of nitrogens with two attached hydrogens (primary N) is 1. The van der Waals surface area contributed by atoms with Crippen molar-refractivity contribution in [1.82, 2.24) is 9.78 Å². The Hall–Kier alpha value is -2.30. The lowest BCUT2D eigenvalue weighted by molar-refractivity contribution is 0.0983. The van der Waals surface area contributed by atoms with Gasteiger partial charge in [0, 0.05) is 13.6 Å². The average molecular weight is 272 g/mol. The van der Waals surface area contributed by atoms with E-state index in [9.17, 15) is 4.79 Å². The van der Waals surface area contributed by atoms with Gasteiger partial charge in [-0.3, -0.25) is 9.48 Å². The fraction of sp³-hybridized carbons (Fsp3) is 0.333. The van der Waals surface area contributed by atoms with E-state index in [1.807, 2.05) is 38.1 Å². The second-order valence-electron chi connectivity index (χ2n) is 4.61. The highest BCUT2D eigenvalue weighted by Gasteiger charge is 2.20. The zero-order valence-electron chi connectivity index (χ0n) is 12.1. The summed E-state index contributed by atoms with van der Waals surface area (Å²) in [5, 5.41) is 4.40. The first-order chi connectivity index (χ1) is 9.58. The highest BCUT2D eigenvalue weighted by atomic mass is 16.2. The number of hydrogen-bond donors (Lipinski definition) is 1. The maximum absolute atomic E-state index is 12.6. The number of aryl methyl sites for hydroxylation is 2. The Morgan fingerprint density at radius 1 is 1.35 bits per heavy atom. The van der Waals surface area contributed by atoms with Crippen molar-refractivity contribution in [2.45, 2.75) is 26.8 Å². The molecule has 2 rings (SSSR count). The van der Waals surface area contributed by atoms with Gasteiger partial charge in [-0.1, -0.05) is 19.1 Å². The van der Waals surface area contributed by atoms with Crippen molar-refractivity contribution in [2.75, 3.05) is 17.7 Å². The van der Waals surface area contributed by atoms with Crippen LogP contribution in [0, 0.1) is 0 Å². The summed E-state index contributed by atoms with van der Waals surface area (Å²) in [4.78, 5) is 14.2. The summed E-state index contributed by atoms with van der Waals surface area (Å²) in [6.45, 7) is 4.66. The Morgan fingerprint density at radius 3 is 2.65 bits per heavy atom. The smallest absolute Gasteiger partial charge is 0.276 e. The quantitative estimate of drug-likeness (QED) is 0.869. The molecule has 0 aliphatic heterocycles. The van der Waals surface area contributed by atoms with Gasteiger partial charge in [0.25, 0.3) is 5.91 Å². The molecule has 5 heteroatoms. The van der Waals surface area contributed by atoms with Crippen molar-refractivity contribution in [1.29, 1.82) is 0 Å². The predicted octanol–water partition coefficient (Wildman–Crippen LogP) is 2.32. The molecule has 0 saturated carbocycles. The molecule has 0 spiro atoms. The van der Waals surface area contributed by atoms with Crippen molar-refractivity contribution in [2.24, 2.45) is 0 Å². The van der Waals surface area contributed by atoms with Crippen molar-refractivity contribution in [3.63, 3.8) is 0 Å². The predicted molar refractivity (Wildman–Crippen MR) is 80.9 cm³/mol. The largest absolute Gasteiger partial charge is 0.397 e. The number of carbonyl (C=O) groups is 1. The van der Waals surface area contributed by atoms with Crippen LogP contribution in [0.25, 0.3) is 0 Å². The molecule has 2 N–H and O–H groups in total. The molecule has 20 heavy (non-hydrogen) atoms. The lowest BCUT2D eigenvalue weighted by Crippen LogP contribution is -2.29. The maximum atomic E-state index is 12.6. The van der Waals surface area contributed by atoms with Crippen molar-refractivity contribution in [3.8, 4) is 0 Å². The molecule has 0 fully saturated rings. The van der Waals surface area contributed by atoms with Crippen LogP contribution in [0.3, 0.4) is 0 Å². The molecule has 0 unspecified atom stereocenters. The molecule has 0 aliphatic rings. The monoisotopic (exact) mass is 272 g/mol. The third kappa shape index (κ3) is 2.52. The Morgan fingerprint density at radius 2 is 2.05 bits per heavy atom. The van der Waals surface area contributed by atoms with Crippen LogP contribution in [-0.2, 0) is 13.0 Å². The summed E-state index contributed by atoms with van der Waals surface area (Å²) in [5.74, 6) is -0.100. The van der Waals surface area contributed by atoms with Crippen molar-refractivity contribution >= 4 is 17.3 Å². The van der Waals surface area contributed by atoms with Gasteiger partial charge in [0.05, 0.1) is 17.1 Å². The molecule has 0 aliphatic carbocycles. The summed E-state index contributed by atoms with van der Waals surface area (Å²) >= 11 is 0. The minimum Gasteiger partial charge on any atom is -0.397 e. The van der Waals surface area contributed by atoms with Crippen LogP contribution < -0.4 is 10.6 Å². The molecule has 2 aromatic rings. The van der Waals surface area contributed by atoms with Gasteiger partial charge in [-0.15, -0.1) is 0 Å². The van der Waals surface area contributed by atoms with Crippen LogP contribution >= 0.6 is 0 Å². The van der Waals surface area contributed by atoms with E-state index in [0.717, 1.165) is 12.1 Å². The van der Waals surface area contributed by atoms with Gasteiger partial charge in [-0.2, -0.15) is 5.10 Å². The topological polar surface area (TPSA) is 64.2 Å². The van der Waals surface area contributed by atoms with E-state index in [4.69, 9.17) is 5.73 Å². The molecule has 5 nitrogen and oxygen atoms in total. The van der Waals surface area contributed by atoms with Crippen molar-refractivity contribution < 1.29 is 4.79 Å². The van der Waals surface area contributed by atoms with E-state index >= 15 is 0 Å². The van der Waals surface area contributed by atoms with Crippen LogP contribution in [-0.4, -0.2) is 22.7 Å². The zero-order chi connectivity index (χ0) is 14.7. The number of hydrogen-bond acceptors (Lipinski definition) is 3. The number of aromatic nitrogens is 2. The SMILES string of the molecule is CCc1cc(C(=O)N(C)c2ccccc2N)n(CC)n1. The Kier molecular flexibility index (Phi) is 4.08.